The third kappa shape index (κ3) is 3.66. The lowest BCUT2D eigenvalue weighted by Gasteiger charge is -2.19. The number of amides is 1. The zero-order valence-electron chi connectivity index (χ0n) is 17.4. The largest absolute Gasteiger partial charge is 0.363 e. The highest BCUT2D eigenvalue weighted by Gasteiger charge is 2.26. The third-order valence-corrected chi connectivity index (χ3v) is 6.34. The molecule has 0 radical (unpaired) electrons. The zero-order valence-corrected chi connectivity index (χ0v) is 18.2. The minimum atomic E-state index is -0.0246. The van der Waals surface area contributed by atoms with Gasteiger partial charge in [0, 0.05) is 45.0 Å². The Balaban J connectivity index is 1.61. The second-order valence-electron chi connectivity index (χ2n) is 7.91. The SMILES string of the molecule is CN(C)c1cc(C(=O)N2CCC(N)C2)cc(-c2cnn3ccc(-c4cccs4)nc23)n1. The molecule has 158 valence electrons. The van der Waals surface area contributed by atoms with Crippen molar-refractivity contribution in [3.63, 3.8) is 0 Å². The normalized spacial score (nSPS) is 16.2. The van der Waals surface area contributed by atoms with E-state index in [9.17, 15) is 4.79 Å². The highest BCUT2D eigenvalue weighted by atomic mass is 32.1. The molecular formula is C22H23N7OS. The van der Waals surface area contributed by atoms with Crippen molar-refractivity contribution >= 4 is 28.7 Å². The van der Waals surface area contributed by atoms with Crippen LogP contribution in [0.15, 0.2) is 48.1 Å². The van der Waals surface area contributed by atoms with Gasteiger partial charge in [-0.1, -0.05) is 6.07 Å². The molecule has 0 aliphatic carbocycles. The summed E-state index contributed by atoms with van der Waals surface area (Å²) in [5.74, 6) is 0.682. The number of anilines is 1. The quantitative estimate of drug-likeness (QED) is 0.532. The van der Waals surface area contributed by atoms with E-state index in [1.807, 2.05) is 65.8 Å². The number of pyridine rings is 1. The van der Waals surface area contributed by atoms with E-state index in [0.717, 1.165) is 22.6 Å². The van der Waals surface area contributed by atoms with E-state index in [2.05, 4.69) is 5.10 Å². The molecule has 4 aromatic rings. The van der Waals surface area contributed by atoms with E-state index in [0.29, 0.717) is 35.8 Å². The first-order valence-corrected chi connectivity index (χ1v) is 11.0. The molecule has 1 aliphatic heterocycles. The van der Waals surface area contributed by atoms with Gasteiger partial charge >= 0.3 is 0 Å². The van der Waals surface area contributed by atoms with Gasteiger partial charge in [-0.3, -0.25) is 4.79 Å². The summed E-state index contributed by atoms with van der Waals surface area (Å²) in [4.78, 5) is 27.6. The Hall–Kier alpha value is -3.30. The topological polar surface area (TPSA) is 92.7 Å². The first-order valence-electron chi connectivity index (χ1n) is 10.1. The fourth-order valence-corrected chi connectivity index (χ4v) is 4.47. The number of nitrogens with two attached hydrogens (primary N) is 1. The van der Waals surface area contributed by atoms with Gasteiger partial charge in [0.15, 0.2) is 5.65 Å². The summed E-state index contributed by atoms with van der Waals surface area (Å²) in [7, 11) is 3.82. The molecular weight excluding hydrogens is 410 g/mol. The van der Waals surface area contributed by atoms with Crippen LogP contribution in [0.3, 0.4) is 0 Å². The van der Waals surface area contributed by atoms with Crippen molar-refractivity contribution in [3.05, 3.63) is 53.7 Å². The summed E-state index contributed by atoms with van der Waals surface area (Å²) in [5, 5.41) is 6.48. The van der Waals surface area contributed by atoms with E-state index < -0.39 is 0 Å². The minimum Gasteiger partial charge on any atom is -0.363 e. The van der Waals surface area contributed by atoms with Crippen molar-refractivity contribution in [2.24, 2.45) is 5.73 Å². The molecule has 1 fully saturated rings. The molecule has 0 saturated carbocycles. The molecule has 9 heteroatoms. The lowest BCUT2D eigenvalue weighted by atomic mass is 10.1. The molecule has 1 aliphatic rings. The molecule has 8 nitrogen and oxygen atoms in total. The summed E-state index contributed by atoms with van der Waals surface area (Å²) >= 11 is 1.64. The second-order valence-corrected chi connectivity index (χ2v) is 8.86. The maximum atomic E-state index is 13.2. The Labute approximate surface area is 184 Å². The van der Waals surface area contributed by atoms with Crippen molar-refractivity contribution in [2.45, 2.75) is 12.5 Å². The van der Waals surface area contributed by atoms with E-state index in [-0.39, 0.29) is 11.9 Å². The highest BCUT2D eigenvalue weighted by molar-refractivity contribution is 7.13. The fourth-order valence-electron chi connectivity index (χ4n) is 3.77. The molecule has 1 unspecified atom stereocenters. The minimum absolute atomic E-state index is 0.0246. The monoisotopic (exact) mass is 433 g/mol. The molecule has 4 aromatic heterocycles. The summed E-state index contributed by atoms with van der Waals surface area (Å²) in [6.45, 7) is 1.26. The molecule has 0 aromatic carbocycles. The van der Waals surface area contributed by atoms with Gasteiger partial charge in [-0.05, 0) is 36.1 Å². The van der Waals surface area contributed by atoms with E-state index in [1.165, 1.54) is 0 Å². The standard InChI is InChI=1S/C22H23N7OS/c1-27(2)20-11-14(22(30)28-7-5-15(23)13-28)10-18(25-20)16-12-24-29-8-6-17(26-21(16)29)19-4-3-9-31-19/h3-4,6,8-12,15H,5,7,13,23H2,1-2H3. The van der Waals surface area contributed by atoms with Crippen LogP contribution in [0.4, 0.5) is 5.82 Å². The van der Waals surface area contributed by atoms with Gasteiger partial charge in [-0.15, -0.1) is 11.3 Å². The average Bonchev–Trinajstić information content (AvgIpc) is 3.53. The summed E-state index contributed by atoms with van der Waals surface area (Å²) in [6.07, 6.45) is 4.48. The van der Waals surface area contributed by atoms with Crippen molar-refractivity contribution in [1.82, 2.24) is 24.5 Å². The Morgan fingerprint density at radius 2 is 2.10 bits per heavy atom. The lowest BCUT2D eigenvalue weighted by Crippen LogP contribution is -2.32. The van der Waals surface area contributed by atoms with E-state index in [4.69, 9.17) is 15.7 Å². The molecule has 1 saturated heterocycles. The Morgan fingerprint density at radius 1 is 1.23 bits per heavy atom. The fraction of sp³-hybridized carbons (Fsp3) is 0.273. The molecule has 1 atom stereocenters. The number of thiophene rings is 1. The Kier molecular flexibility index (Phi) is 4.91. The predicted octanol–water partition coefficient (Wildman–Crippen LogP) is 2.76. The van der Waals surface area contributed by atoms with Crippen LogP contribution in [0.25, 0.3) is 27.5 Å². The number of rotatable bonds is 4. The van der Waals surface area contributed by atoms with Crippen LogP contribution in [0.2, 0.25) is 0 Å². The summed E-state index contributed by atoms with van der Waals surface area (Å²) < 4.78 is 1.73. The third-order valence-electron chi connectivity index (χ3n) is 5.45. The number of carbonyl (C=O) groups is 1. The average molecular weight is 434 g/mol. The lowest BCUT2D eigenvalue weighted by molar-refractivity contribution is 0.0791. The molecule has 0 bridgehead atoms. The van der Waals surface area contributed by atoms with Crippen molar-refractivity contribution in [2.75, 3.05) is 32.1 Å². The van der Waals surface area contributed by atoms with Crippen molar-refractivity contribution < 1.29 is 4.79 Å². The van der Waals surface area contributed by atoms with Crippen molar-refractivity contribution in [3.8, 4) is 21.8 Å². The number of aromatic nitrogens is 4. The van der Waals surface area contributed by atoms with Crippen LogP contribution in [0, 0.1) is 0 Å². The van der Waals surface area contributed by atoms with Crippen LogP contribution < -0.4 is 10.6 Å². The number of likely N-dealkylation sites (tertiary alicyclic amines) is 1. The maximum Gasteiger partial charge on any atom is 0.254 e. The zero-order chi connectivity index (χ0) is 21.5. The van der Waals surface area contributed by atoms with Crippen LogP contribution in [0.5, 0.6) is 0 Å². The predicted molar refractivity (Wildman–Crippen MR) is 122 cm³/mol. The van der Waals surface area contributed by atoms with Gasteiger partial charge in [-0.25, -0.2) is 14.5 Å². The molecule has 31 heavy (non-hydrogen) atoms. The number of carbonyl (C=O) groups excluding carboxylic acids is 1. The Morgan fingerprint density at radius 3 is 2.81 bits per heavy atom. The van der Waals surface area contributed by atoms with E-state index >= 15 is 0 Å². The smallest absolute Gasteiger partial charge is 0.254 e. The summed E-state index contributed by atoms with van der Waals surface area (Å²) in [6, 6.07) is 9.69. The highest BCUT2D eigenvalue weighted by Crippen LogP contribution is 2.29. The second kappa shape index (κ2) is 7.75. The van der Waals surface area contributed by atoms with Crippen LogP contribution in [-0.2, 0) is 0 Å². The molecule has 5 heterocycles. The van der Waals surface area contributed by atoms with Crippen LogP contribution in [0.1, 0.15) is 16.8 Å². The van der Waals surface area contributed by atoms with E-state index in [1.54, 1.807) is 22.0 Å². The first kappa shape index (κ1) is 19.7. The van der Waals surface area contributed by atoms with Crippen LogP contribution >= 0.6 is 11.3 Å². The first-order chi connectivity index (χ1) is 15.0. The van der Waals surface area contributed by atoms with Crippen LogP contribution in [-0.4, -0.2) is 63.6 Å². The van der Waals surface area contributed by atoms with Gasteiger partial charge in [0.25, 0.3) is 5.91 Å². The molecule has 5 rings (SSSR count). The number of hydrogen-bond acceptors (Lipinski definition) is 7. The van der Waals surface area contributed by atoms with Crippen molar-refractivity contribution in [1.29, 1.82) is 0 Å². The molecule has 2 N–H and O–H groups in total. The number of nitrogens with zero attached hydrogens (tertiary/aromatic N) is 6. The van der Waals surface area contributed by atoms with Gasteiger partial charge in [0.1, 0.15) is 5.82 Å². The maximum absolute atomic E-state index is 13.2. The number of fused-ring (bicyclic) bond motifs is 1. The summed E-state index contributed by atoms with van der Waals surface area (Å²) in [5.41, 5.74) is 9.65. The Bertz CT molecular complexity index is 1250. The van der Waals surface area contributed by atoms with Gasteiger partial charge in [0.05, 0.1) is 28.0 Å². The molecule has 1 amide bonds. The van der Waals surface area contributed by atoms with Gasteiger partial charge in [0.2, 0.25) is 0 Å². The van der Waals surface area contributed by atoms with Gasteiger partial charge in [-0.2, -0.15) is 5.10 Å². The van der Waals surface area contributed by atoms with Gasteiger partial charge < -0.3 is 15.5 Å². The number of hydrogen-bond donors (Lipinski definition) is 1. The molecule has 0 spiro atoms.